The van der Waals surface area contributed by atoms with Crippen LogP contribution in [-0.4, -0.2) is 70.9 Å². The molecule has 8 heteroatoms. The van der Waals surface area contributed by atoms with Crippen molar-refractivity contribution in [2.45, 2.75) is 24.4 Å². The average Bonchev–Trinajstić information content (AvgIpc) is 3.43. The van der Waals surface area contributed by atoms with E-state index in [4.69, 9.17) is 9.47 Å². The Morgan fingerprint density at radius 3 is 1.12 bits per heavy atom. The van der Waals surface area contributed by atoms with Crippen LogP contribution >= 0.6 is 0 Å². The Kier molecular flexibility index (Phi) is 2.67. The third-order valence-electron chi connectivity index (χ3n) is 6.55. The molecule has 4 amide bonds. The van der Waals surface area contributed by atoms with Crippen LogP contribution in [0.3, 0.4) is 0 Å². The van der Waals surface area contributed by atoms with Crippen LogP contribution in [-0.2, 0) is 28.7 Å². The minimum Gasteiger partial charge on any atom is -0.365 e. The van der Waals surface area contributed by atoms with Gasteiger partial charge in [-0.15, -0.1) is 0 Å². The van der Waals surface area contributed by atoms with Crippen LogP contribution in [0.4, 0.5) is 0 Å². The zero-order valence-corrected chi connectivity index (χ0v) is 13.7. The lowest BCUT2D eigenvalue weighted by Crippen LogP contribution is -2.43. The topological polar surface area (TPSA) is 93.2 Å². The number of carbonyl (C=O) groups excluding carboxylic acids is 4. The van der Waals surface area contributed by atoms with Gasteiger partial charge in [-0.2, -0.15) is 0 Å². The number of likely N-dealkylation sites (tertiary alicyclic amines) is 2. The lowest BCUT2D eigenvalue weighted by atomic mass is 9.85. The van der Waals surface area contributed by atoms with Gasteiger partial charge in [0, 0.05) is 13.1 Å². The summed E-state index contributed by atoms with van der Waals surface area (Å²) in [5, 5.41) is 0. The first-order valence-corrected chi connectivity index (χ1v) is 8.94. The molecule has 0 aliphatic carbocycles. The van der Waals surface area contributed by atoms with Crippen molar-refractivity contribution in [3.8, 4) is 0 Å². The molecule has 6 rings (SSSR count). The summed E-state index contributed by atoms with van der Waals surface area (Å²) in [6.07, 6.45) is 5.99. The Morgan fingerprint density at radius 1 is 0.577 bits per heavy atom. The zero-order chi connectivity index (χ0) is 17.7. The molecule has 6 heterocycles. The highest BCUT2D eigenvalue weighted by atomic mass is 16.5. The summed E-state index contributed by atoms with van der Waals surface area (Å²) in [6.45, 7) is 0.0926. The Morgan fingerprint density at radius 2 is 0.846 bits per heavy atom. The van der Waals surface area contributed by atoms with E-state index in [1.165, 1.54) is 9.80 Å². The molecule has 0 saturated carbocycles. The van der Waals surface area contributed by atoms with Gasteiger partial charge in [0.25, 0.3) is 0 Å². The highest BCUT2D eigenvalue weighted by Crippen LogP contribution is 2.46. The molecular formula is C18H16N2O6. The van der Waals surface area contributed by atoms with Gasteiger partial charge in [0.2, 0.25) is 23.6 Å². The lowest BCUT2D eigenvalue weighted by Gasteiger charge is -2.22. The van der Waals surface area contributed by atoms with E-state index in [-0.39, 0.29) is 61.1 Å². The number of amides is 4. The highest BCUT2D eigenvalue weighted by molar-refractivity contribution is 6.08. The fraction of sp³-hybridized carbons (Fsp3) is 0.556. The van der Waals surface area contributed by atoms with Crippen molar-refractivity contribution in [3.63, 3.8) is 0 Å². The van der Waals surface area contributed by atoms with E-state index in [1.54, 1.807) is 0 Å². The molecule has 0 N–H and O–H groups in total. The maximum atomic E-state index is 12.6. The van der Waals surface area contributed by atoms with E-state index in [2.05, 4.69) is 0 Å². The summed E-state index contributed by atoms with van der Waals surface area (Å²) < 4.78 is 11.2. The number of carbonyl (C=O) groups is 4. The number of hydrogen-bond acceptors (Lipinski definition) is 6. The van der Waals surface area contributed by atoms with Crippen LogP contribution in [0.5, 0.6) is 0 Å². The molecule has 0 radical (unpaired) electrons. The van der Waals surface area contributed by atoms with Crippen molar-refractivity contribution < 1.29 is 28.7 Å². The number of fused-ring (bicyclic) bond motifs is 10. The fourth-order valence-electron chi connectivity index (χ4n) is 5.37. The standard InChI is InChI=1S/C18H16N2O6/c21-15-11-7-1-2-8(25-7)12(11)16(22)19(15)5-6-20-17(23)13-9-3-4-10(26-9)14(13)18(20)24/h1-4,7-14H,5-6H2/t7-,8-,9+,10+,11-,12+,13-,14+. The van der Waals surface area contributed by atoms with Crippen molar-refractivity contribution >= 4 is 23.6 Å². The molecule has 4 bridgehead atoms. The molecule has 0 spiro atoms. The third-order valence-corrected chi connectivity index (χ3v) is 6.55. The molecule has 4 fully saturated rings. The van der Waals surface area contributed by atoms with Crippen LogP contribution in [0, 0.1) is 23.7 Å². The quantitative estimate of drug-likeness (QED) is 0.469. The van der Waals surface area contributed by atoms with E-state index >= 15 is 0 Å². The van der Waals surface area contributed by atoms with Crippen LogP contribution in [0.2, 0.25) is 0 Å². The summed E-state index contributed by atoms with van der Waals surface area (Å²) in [6, 6.07) is 0. The van der Waals surface area contributed by atoms with Gasteiger partial charge in [-0.1, -0.05) is 24.3 Å². The van der Waals surface area contributed by atoms with Crippen molar-refractivity contribution in [3.05, 3.63) is 24.3 Å². The molecule has 0 aromatic carbocycles. The molecule has 8 nitrogen and oxygen atoms in total. The Balaban J connectivity index is 1.19. The molecule has 4 saturated heterocycles. The highest BCUT2D eigenvalue weighted by Gasteiger charge is 2.62. The van der Waals surface area contributed by atoms with Crippen molar-refractivity contribution in [2.75, 3.05) is 13.1 Å². The van der Waals surface area contributed by atoms with Gasteiger partial charge in [0.15, 0.2) is 0 Å². The van der Waals surface area contributed by atoms with E-state index in [1.807, 2.05) is 24.3 Å². The molecule has 0 aromatic rings. The number of imide groups is 2. The Bertz CT molecular complexity index is 706. The summed E-state index contributed by atoms with van der Waals surface area (Å²) in [4.78, 5) is 52.9. The first kappa shape index (κ1) is 14.8. The second kappa shape index (κ2) is 4.69. The zero-order valence-electron chi connectivity index (χ0n) is 13.7. The number of ether oxygens (including phenoxy) is 2. The molecule has 0 unspecified atom stereocenters. The average molecular weight is 356 g/mol. The molecule has 6 aliphatic rings. The predicted molar refractivity (Wildman–Crippen MR) is 83.0 cm³/mol. The van der Waals surface area contributed by atoms with Gasteiger partial charge in [0.05, 0.1) is 48.1 Å². The van der Waals surface area contributed by atoms with Crippen LogP contribution in [0.25, 0.3) is 0 Å². The minimum atomic E-state index is -0.463. The molecule has 6 aliphatic heterocycles. The fourth-order valence-corrected chi connectivity index (χ4v) is 5.37. The second-order valence-electron chi connectivity index (χ2n) is 7.66. The smallest absolute Gasteiger partial charge is 0.236 e. The normalized spacial score (nSPS) is 47.1. The third kappa shape index (κ3) is 1.58. The summed E-state index contributed by atoms with van der Waals surface area (Å²) in [7, 11) is 0. The van der Waals surface area contributed by atoms with E-state index in [9.17, 15) is 19.2 Å². The van der Waals surface area contributed by atoms with Gasteiger partial charge in [-0.3, -0.25) is 29.0 Å². The summed E-state index contributed by atoms with van der Waals surface area (Å²) in [5.74, 6) is -2.90. The van der Waals surface area contributed by atoms with E-state index in [0.29, 0.717) is 0 Å². The van der Waals surface area contributed by atoms with Crippen molar-refractivity contribution in [1.82, 2.24) is 9.80 Å². The van der Waals surface area contributed by atoms with Gasteiger partial charge >= 0.3 is 0 Å². The largest absolute Gasteiger partial charge is 0.365 e. The maximum absolute atomic E-state index is 12.6. The van der Waals surface area contributed by atoms with E-state index < -0.39 is 23.7 Å². The summed E-state index contributed by atoms with van der Waals surface area (Å²) in [5.41, 5.74) is 0. The SMILES string of the molecule is O=C1[C@@H]2[C@H](C(=O)N1CCN1C(=O)[C@@H]3[C@H](C1=O)[C@H]1C=C[C@H]3O1)[C@@H]1C=C[C@@H]2O1. The molecule has 8 atom stereocenters. The number of hydrogen-bond donors (Lipinski definition) is 0. The first-order valence-electron chi connectivity index (χ1n) is 8.94. The first-order chi connectivity index (χ1) is 12.6. The van der Waals surface area contributed by atoms with Gasteiger partial charge in [-0.05, 0) is 0 Å². The van der Waals surface area contributed by atoms with Crippen LogP contribution in [0.1, 0.15) is 0 Å². The predicted octanol–water partition coefficient (Wildman–Crippen LogP) is -1.14. The van der Waals surface area contributed by atoms with Crippen LogP contribution in [0.15, 0.2) is 24.3 Å². The molecular weight excluding hydrogens is 340 g/mol. The maximum Gasteiger partial charge on any atom is 0.236 e. The van der Waals surface area contributed by atoms with Crippen molar-refractivity contribution in [1.29, 1.82) is 0 Å². The molecule has 0 aromatic heterocycles. The number of nitrogens with zero attached hydrogens (tertiary/aromatic N) is 2. The Labute approximate surface area is 148 Å². The Hall–Kier alpha value is -2.32. The monoisotopic (exact) mass is 356 g/mol. The minimum absolute atomic E-state index is 0.0463. The van der Waals surface area contributed by atoms with Crippen LogP contribution < -0.4 is 0 Å². The van der Waals surface area contributed by atoms with Gasteiger partial charge < -0.3 is 9.47 Å². The summed E-state index contributed by atoms with van der Waals surface area (Å²) >= 11 is 0. The van der Waals surface area contributed by atoms with Crippen molar-refractivity contribution in [2.24, 2.45) is 23.7 Å². The van der Waals surface area contributed by atoms with Gasteiger partial charge in [0.1, 0.15) is 0 Å². The molecule has 134 valence electrons. The van der Waals surface area contributed by atoms with Gasteiger partial charge in [-0.25, -0.2) is 0 Å². The second-order valence-corrected chi connectivity index (χ2v) is 7.66. The molecule has 26 heavy (non-hydrogen) atoms. The number of rotatable bonds is 3. The lowest BCUT2D eigenvalue weighted by molar-refractivity contribution is -0.147. The van der Waals surface area contributed by atoms with E-state index in [0.717, 1.165) is 0 Å².